The molecule has 7 nitrogen and oxygen atoms in total. The fraction of sp³-hybridized carbons (Fsp3) is 0.292. The van der Waals surface area contributed by atoms with Gasteiger partial charge in [0.1, 0.15) is 23.2 Å². The van der Waals surface area contributed by atoms with E-state index in [2.05, 4.69) is 11.2 Å². The van der Waals surface area contributed by atoms with E-state index in [1.807, 2.05) is 6.20 Å². The van der Waals surface area contributed by atoms with Gasteiger partial charge in [-0.3, -0.25) is 4.79 Å². The molecule has 1 fully saturated rings. The minimum Gasteiger partial charge on any atom is -0.494 e. The number of benzene rings is 2. The van der Waals surface area contributed by atoms with Crippen LogP contribution in [0.5, 0.6) is 11.5 Å². The summed E-state index contributed by atoms with van der Waals surface area (Å²) in [5.74, 6) is 0.600. The number of halogens is 1. The number of ether oxygens (including phenoxy) is 2. The lowest BCUT2D eigenvalue weighted by atomic mass is 10.1. The Morgan fingerprint density at radius 3 is 2.66 bits per heavy atom. The van der Waals surface area contributed by atoms with Crippen molar-refractivity contribution in [3.63, 3.8) is 0 Å². The maximum atomic E-state index is 13.5. The molecular formula is C24H21FN4O3. The molecule has 0 unspecified atom stereocenters. The first kappa shape index (κ1) is 20.1. The molecule has 1 aromatic heterocycles. The van der Waals surface area contributed by atoms with Crippen molar-refractivity contribution in [2.45, 2.75) is 25.9 Å². The first-order chi connectivity index (χ1) is 15.6. The molecule has 0 spiro atoms. The molecular weight excluding hydrogens is 411 g/mol. The second-order valence-corrected chi connectivity index (χ2v) is 8.07. The third-order valence-electron chi connectivity index (χ3n) is 5.79. The van der Waals surface area contributed by atoms with Gasteiger partial charge in [-0.05, 0) is 55.2 Å². The fourth-order valence-electron chi connectivity index (χ4n) is 3.86. The average molecular weight is 432 g/mol. The number of methoxy groups -OCH3 is 1. The molecule has 162 valence electrons. The van der Waals surface area contributed by atoms with Gasteiger partial charge in [0, 0.05) is 18.3 Å². The number of nitriles is 1. The van der Waals surface area contributed by atoms with Gasteiger partial charge in [0.05, 0.1) is 37.2 Å². The molecule has 32 heavy (non-hydrogen) atoms. The molecule has 2 aliphatic rings. The maximum Gasteiger partial charge on any atom is 0.262 e. The summed E-state index contributed by atoms with van der Waals surface area (Å²) in [4.78, 5) is 15.2. The summed E-state index contributed by atoms with van der Waals surface area (Å²) in [6.45, 7) is 1.24. The Labute approximate surface area is 184 Å². The van der Waals surface area contributed by atoms with Crippen LogP contribution in [0.1, 0.15) is 40.0 Å². The molecule has 1 saturated carbocycles. The first-order valence-corrected chi connectivity index (χ1v) is 10.4. The lowest BCUT2D eigenvalue weighted by Gasteiger charge is -2.21. The number of carbonyl (C=O) groups is 1. The molecule has 3 aromatic rings. The number of aromatic nitrogens is 2. The Kier molecular flexibility index (Phi) is 5.02. The topological polar surface area (TPSA) is 80.4 Å². The van der Waals surface area contributed by atoms with Crippen LogP contribution in [0.3, 0.4) is 0 Å². The third-order valence-corrected chi connectivity index (χ3v) is 5.79. The molecule has 0 N–H and O–H groups in total. The van der Waals surface area contributed by atoms with Crippen LogP contribution in [0.4, 0.5) is 4.39 Å². The minimum atomic E-state index is -0.307. The van der Waals surface area contributed by atoms with Crippen LogP contribution in [-0.4, -0.2) is 34.3 Å². The summed E-state index contributed by atoms with van der Waals surface area (Å²) < 4.78 is 26.3. The number of amides is 1. The molecule has 8 heteroatoms. The van der Waals surface area contributed by atoms with E-state index in [9.17, 15) is 14.4 Å². The van der Waals surface area contributed by atoms with Crippen molar-refractivity contribution >= 4 is 5.91 Å². The van der Waals surface area contributed by atoms with Crippen LogP contribution in [0.25, 0.3) is 5.69 Å². The molecule has 0 radical (unpaired) electrons. The smallest absolute Gasteiger partial charge is 0.262 e. The van der Waals surface area contributed by atoms with Gasteiger partial charge < -0.3 is 14.4 Å². The van der Waals surface area contributed by atoms with Crippen molar-refractivity contribution < 1.29 is 18.7 Å². The Morgan fingerprint density at radius 2 is 2.00 bits per heavy atom. The molecule has 1 aliphatic heterocycles. The van der Waals surface area contributed by atoms with Gasteiger partial charge in [-0.2, -0.15) is 10.4 Å². The Bertz CT molecular complexity index is 1200. The minimum absolute atomic E-state index is 0.228. The summed E-state index contributed by atoms with van der Waals surface area (Å²) >= 11 is 0. The number of hydrogen-bond acceptors (Lipinski definition) is 5. The molecule has 1 aliphatic carbocycles. The molecule has 0 atom stereocenters. The van der Waals surface area contributed by atoms with E-state index in [1.54, 1.807) is 33.8 Å². The lowest BCUT2D eigenvalue weighted by Crippen LogP contribution is -2.27. The van der Waals surface area contributed by atoms with Crippen LogP contribution in [0.2, 0.25) is 0 Å². The quantitative estimate of drug-likeness (QED) is 0.591. The van der Waals surface area contributed by atoms with Crippen molar-refractivity contribution in [1.82, 2.24) is 14.7 Å². The lowest BCUT2D eigenvalue weighted by molar-refractivity contribution is 0.0740. The largest absolute Gasteiger partial charge is 0.494 e. The molecule has 2 aromatic carbocycles. The second-order valence-electron chi connectivity index (χ2n) is 8.07. The van der Waals surface area contributed by atoms with Gasteiger partial charge in [0.15, 0.2) is 5.75 Å². The SMILES string of the molecule is COc1c(C#N)ccc(OCC2CC2)c1C(=O)N1Cc2cn(-c3ccc(F)cc3)nc2C1. The van der Waals surface area contributed by atoms with Gasteiger partial charge >= 0.3 is 0 Å². The molecule has 0 saturated heterocycles. The van der Waals surface area contributed by atoms with E-state index < -0.39 is 0 Å². The summed E-state index contributed by atoms with van der Waals surface area (Å²) in [5.41, 5.74) is 2.99. The van der Waals surface area contributed by atoms with Gasteiger partial charge in [-0.25, -0.2) is 9.07 Å². The zero-order valence-corrected chi connectivity index (χ0v) is 17.5. The van der Waals surface area contributed by atoms with Gasteiger partial charge in [0.25, 0.3) is 5.91 Å². The normalized spacial score (nSPS) is 14.7. The van der Waals surface area contributed by atoms with Crippen LogP contribution < -0.4 is 9.47 Å². The van der Waals surface area contributed by atoms with Crippen LogP contribution >= 0.6 is 0 Å². The zero-order valence-electron chi connectivity index (χ0n) is 17.5. The predicted octanol–water partition coefficient (Wildman–Crippen LogP) is 3.84. The van der Waals surface area contributed by atoms with Crippen molar-refractivity contribution in [3.8, 4) is 23.3 Å². The van der Waals surface area contributed by atoms with Gasteiger partial charge in [-0.1, -0.05) is 0 Å². The number of carbonyl (C=O) groups excluding carboxylic acids is 1. The summed E-state index contributed by atoms with van der Waals surface area (Å²) in [7, 11) is 1.45. The average Bonchev–Trinajstić information content (AvgIpc) is 3.42. The summed E-state index contributed by atoms with van der Waals surface area (Å²) in [6, 6.07) is 11.4. The highest BCUT2D eigenvalue weighted by Gasteiger charge is 2.33. The summed E-state index contributed by atoms with van der Waals surface area (Å²) in [6.07, 6.45) is 4.10. The molecule has 5 rings (SSSR count). The molecule has 0 bridgehead atoms. The van der Waals surface area contributed by atoms with E-state index in [4.69, 9.17) is 9.47 Å². The van der Waals surface area contributed by atoms with Crippen LogP contribution in [0.15, 0.2) is 42.6 Å². The number of fused-ring (bicyclic) bond motifs is 1. The van der Waals surface area contributed by atoms with E-state index in [0.717, 1.165) is 29.8 Å². The Hall–Kier alpha value is -3.86. The zero-order chi connectivity index (χ0) is 22.2. The van der Waals surface area contributed by atoms with Crippen LogP contribution in [-0.2, 0) is 13.1 Å². The van der Waals surface area contributed by atoms with Gasteiger partial charge in [-0.15, -0.1) is 0 Å². The fourth-order valence-corrected chi connectivity index (χ4v) is 3.86. The maximum absolute atomic E-state index is 13.5. The van der Waals surface area contributed by atoms with E-state index >= 15 is 0 Å². The van der Waals surface area contributed by atoms with Crippen LogP contribution in [0, 0.1) is 23.1 Å². The standard InChI is InChI=1S/C24H21FN4O3/c1-31-23-16(10-26)4-9-21(32-14-15-2-3-15)22(23)24(30)28-11-17-12-29(27-20(17)13-28)19-7-5-18(25)6-8-19/h4-9,12,15H,2-3,11,13-14H2,1H3. The molecule has 2 heterocycles. The highest BCUT2D eigenvalue weighted by Crippen LogP contribution is 2.37. The van der Waals surface area contributed by atoms with Crippen molar-refractivity contribution in [2.75, 3.05) is 13.7 Å². The van der Waals surface area contributed by atoms with E-state index in [-0.39, 0.29) is 28.6 Å². The number of nitrogens with zero attached hydrogens (tertiary/aromatic N) is 4. The van der Waals surface area contributed by atoms with Crippen molar-refractivity contribution in [2.24, 2.45) is 5.92 Å². The van der Waals surface area contributed by atoms with Crippen molar-refractivity contribution in [1.29, 1.82) is 5.26 Å². The van der Waals surface area contributed by atoms with E-state index in [0.29, 0.717) is 31.4 Å². The monoisotopic (exact) mass is 432 g/mol. The first-order valence-electron chi connectivity index (χ1n) is 10.4. The highest BCUT2D eigenvalue weighted by molar-refractivity contribution is 6.00. The summed E-state index contributed by atoms with van der Waals surface area (Å²) in [5, 5.41) is 14.0. The number of rotatable bonds is 6. The van der Waals surface area contributed by atoms with Gasteiger partial charge in [0.2, 0.25) is 0 Å². The second kappa shape index (κ2) is 8.00. The number of hydrogen-bond donors (Lipinski definition) is 0. The predicted molar refractivity (Wildman–Crippen MR) is 113 cm³/mol. The van der Waals surface area contributed by atoms with Crippen molar-refractivity contribution in [3.05, 3.63) is 70.8 Å². The Morgan fingerprint density at radius 1 is 1.22 bits per heavy atom. The Balaban J connectivity index is 1.41. The highest BCUT2D eigenvalue weighted by atomic mass is 19.1. The molecule has 1 amide bonds. The third kappa shape index (κ3) is 3.66. The van der Waals surface area contributed by atoms with E-state index in [1.165, 1.54) is 19.2 Å².